The number of nitrogens with zero attached hydrogens (tertiary/aromatic N) is 2. The SMILES string of the molecule is CCNc1cc(COC)nc(CC)n1. The lowest BCUT2D eigenvalue weighted by molar-refractivity contribution is 0.181. The van der Waals surface area contributed by atoms with E-state index in [0.717, 1.165) is 30.3 Å². The highest BCUT2D eigenvalue weighted by Crippen LogP contribution is 2.07. The third kappa shape index (κ3) is 2.96. The van der Waals surface area contributed by atoms with Crippen molar-refractivity contribution >= 4 is 5.82 Å². The van der Waals surface area contributed by atoms with Crippen molar-refractivity contribution in [3.05, 3.63) is 17.6 Å². The summed E-state index contributed by atoms with van der Waals surface area (Å²) in [5, 5.41) is 3.17. The number of anilines is 1. The molecule has 4 heteroatoms. The van der Waals surface area contributed by atoms with E-state index in [2.05, 4.69) is 15.3 Å². The number of ether oxygens (including phenoxy) is 1. The van der Waals surface area contributed by atoms with Crippen LogP contribution >= 0.6 is 0 Å². The van der Waals surface area contributed by atoms with Gasteiger partial charge in [-0.05, 0) is 6.92 Å². The van der Waals surface area contributed by atoms with Gasteiger partial charge in [0.2, 0.25) is 0 Å². The van der Waals surface area contributed by atoms with Crippen molar-refractivity contribution in [3.63, 3.8) is 0 Å². The van der Waals surface area contributed by atoms with E-state index in [1.807, 2.05) is 19.9 Å². The number of aryl methyl sites for hydroxylation is 1. The Morgan fingerprint density at radius 1 is 1.36 bits per heavy atom. The quantitative estimate of drug-likeness (QED) is 0.775. The molecule has 78 valence electrons. The van der Waals surface area contributed by atoms with Gasteiger partial charge in [0, 0.05) is 26.1 Å². The van der Waals surface area contributed by atoms with E-state index in [0.29, 0.717) is 6.61 Å². The molecule has 0 spiro atoms. The first-order chi connectivity index (χ1) is 6.80. The third-order valence-electron chi connectivity index (χ3n) is 1.79. The molecule has 0 aromatic carbocycles. The molecule has 1 aromatic heterocycles. The van der Waals surface area contributed by atoms with Gasteiger partial charge in [0.15, 0.2) is 0 Å². The molecule has 0 atom stereocenters. The zero-order chi connectivity index (χ0) is 10.4. The van der Waals surface area contributed by atoms with Crippen molar-refractivity contribution in [2.75, 3.05) is 19.0 Å². The zero-order valence-corrected chi connectivity index (χ0v) is 9.00. The second-order valence-electron chi connectivity index (χ2n) is 2.98. The molecule has 0 unspecified atom stereocenters. The Morgan fingerprint density at radius 3 is 2.71 bits per heavy atom. The predicted molar refractivity (Wildman–Crippen MR) is 56.3 cm³/mol. The van der Waals surface area contributed by atoms with E-state index in [1.54, 1.807) is 7.11 Å². The molecule has 1 rings (SSSR count). The number of rotatable bonds is 5. The summed E-state index contributed by atoms with van der Waals surface area (Å²) >= 11 is 0. The largest absolute Gasteiger partial charge is 0.378 e. The highest BCUT2D eigenvalue weighted by atomic mass is 16.5. The Morgan fingerprint density at radius 2 is 2.14 bits per heavy atom. The van der Waals surface area contributed by atoms with Crippen molar-refractivity contribution in [1.29, 1.82) is 0 Å². The van der Waals surface area contributed by atoms with Crippen LogP contribution in [0, 0.1) is 0 Å². The summed E-state index contributed by atoms with van der Waals surface area (Å²) in [4.78, 5) is 8.69. The topological polar surface area (TPSA) is 47.0 Å². The average Bonchev–Trinajstić information content (AvgIpc) is 2.18. The summed E-state index contributed by atoms with van der Waals surface area (Å²) in [7, 11) is 1.67. The summed E-state index contributed by atoms with van der Waals surface area (Å²) in [5.74, 6) is 1.74. The first-order valence-electron chi connectivity index (χ1n) is 4.89. The Labute approximate surface area is 84.7 Å². The highest BCUT2D eigenvalue weighted by Gasteiger charge is 2.02. The Hall–Kier alpha value is -1.16. The molecule has 1 heterocycles. The fourth-order valence-corrected chi connectivity index (χ4v) is 1.20. The Kier molecular flexibility index (Phi) is 4.32. The fourth-order valence-electron chi connectivity index (χ4n) is 1.20. The van der Waals surface area contributed by atoms with Crippen LogP contribution in [0.3, 0.4) is 0 Å². The Bertz CT molecular complexity index is 264. The van der Waals surface area contributed by atoms with Crippen LogP contribution < -0.4 is 5.32 Å². The molecule has 14 heavy (non-hydrogen) atoms. The normalized spacial score (nSPS) is 10.2. The average molecular weight is 195 g/mol. The summed E-state index contributed by atoms with van der Waals surface area (Å²) in [5.41, 5.74) is 0.926. The van der Waals surface area contributed by atoms with Crippen molar-refractivity contribution in [1.82, 2.24) is 9.97 Å². The van der Waals surface area contributed by atoms with E-state index in [1.165, 1.54) is 0 Å². The van der Waals surface area contributed by atoms with Gasteiger partial charge in [0.05, 0.1) is 12.3 Å². The second-order valence-corrected chi connectivity index (χ2v) is 2.98. The van der Waals surface area contributed by atoms with Crippen LogP contribution in [0.4, 0.5) is 5.82 Å². The standard InChI is InChI=1S/C10H17N3O/c1-4-9-12-8(7-14-3)6-10(13-9)11-5-2/h6H,4-5,7H2,1-3H3,(H,11,12,13). The van der Waals surface area contributed by atoms with Crippen LogP contribution in [0.25, 0.3) is 0 Å². The van der Waals surface area contributed by atoms with E-state index >= 15 is 0 Å². The van der Waals surface area contributed by atoms with Crippen molar-refractivity contribution < 1.29 is 4.74 Å². The monoisotopic (exact) mass is 195 g/mol. The number of hydrogen-bond acceptors (Lipinski definition) is 4. The van der Waals surface area contributed by atoms with Crippen LogP contribution in [0.15, 0.2) is 6.07 Å². The Balaban J connectivity index is 2.88. The lowest BCUT2D eigenvalue weighted by atomic mass is 10.3. The fraction of sp³-hybridized carbons (Fsp3) is 0.600. The maximum absolute atomic E-state index is 5.04. The minimum atomic E-state index is 0.536. The molecule has 1 N–H and O–H groups in total. The van der Waals surface area contributed by atoms with Crippen LogP contribution in [0.5, 0.6) is 0 Å². The molecule has 0 amide bonds. The molecule has 1 aromatic rings. The molecule has 0 radical (unpaired) electrons. The molecular weight excluding hydrogens is 178 g/mol. The number of aromatic nitrogens is 2. The van der Waals surface area contributed by atoms with Crippen LogP contribution in [0.1, 0.15) is 25.4 Å². The second kappa shape index (κ2) is 5.54. The van der Waals surface area contributed by atoms with Crippen LogP contribution in [-0.2, 0) is 17.8 Å². The molecular formula is C10H17N3O. The minimum Gasteiger partial charge on any atom is -0.378 e. The number of methoxy groups -OCH3 is 1. The third-order valence-corrected chi connectivity index (χ3v) is 1.79. The van der Waals surface area contributed by atoms with Crippen molar-refractivity contribution in [2.24, 2.45) is 0 Å². The molecule has 0 aliphatic rings. The van der Waals surface area contributed by atoms with E-state index < -0.39 is 0 Å². The van der Waals surface area contributed by atoms with Gasteiger partial charge in [0.1, 0.15) is 11.6 Å². The number of nitrogens with one attached hydrogen (secondary N) is 1. The maximum atomic E-state index is 5.04. The van der Waals surface area contributed by atoms with Gasteiger partial charge in [-0.1, -0.05) is 6.92 Å². The van der Waals surface area contributed by atoms with E-state index in [-0.39, 0.29) is 0 Å². The summed E-state index contributed by atoms with van der Waals surface area (Å²) in [6.45, 7) is 5.49. The summed E-state index contributed by atoms with van der Waals surface area (Å²) < 4.78 is 5.04. The lowest BCUT2D eigenvalue weighted by Gasteiger charge is -2.07. The maximum Gasteiger partial charge on any atom is 0.130 e. The lowest BCUT2D eigenvalue weighted by Crippen LogP contribution is -2.06. The van der Waals surface area contributed by atoms with Crippen molar-refractivity contribution in [2.45, 2.75) is 26.9 Å². The molecule has 0 aliphatic heterocycles. The van der Waals surface area contributed by atoms with Gasteiger partial charge in [-0.15, -0.1) is 0 Å². The molecule has 4 nitrogen and oxygen atoms in total. The molecule has 0 saturated heterocycles. The zero-order valence-electron chi connectivity index (χ0n) is 9.00. The van der Waals surface area contributed by atoms with E-state index in [4.69, 9.17) is 4.74 Å². The number of hydrogen-bond donors (Lipinski definition) is 1. The predicted octanol–water partition coefficient (Wildman–Crippen LogP) is 1.62. The van der Waals surface area contributed by atoms with Crippen molar-refractivity contribution in [3.8, 4) is 0 Å². The van der Waals surface area contributed by atoms with Crippen LogP contribution in [0.2, 0.25) is 0 Å². The van der Waals surface area contributed by atoms with Gasteiger partial charge in [-0.25, -0.2) is 9.97 Å². The molecule has 0 fully saturated rings. The molecule has 0 saturated carbocycles. The summed E-state index contributed by atoms with van der Waals surface area (Å²) in [6.07, 6.45) is 0.843. The van der Waals surface area contributed by atoms with Gasteiger partial charge in [-0.3, -0.25) is 0 Å². The summed E-state index contributed by atoms with van der Waals surface area (Å²) in [6, 6.07) is 1.92. The smallest absolute Gasteiger partial charge is 0.130 e. The van der Waals surface area contributed by atoms with Gasteiger partial charge >= 0.3 is 0 Å². The van der Waals surface area contributed by atoms with Gasteiger partial charge < -0.3 is 10.1 Å². The minimum absolute atomic E-state index is 0.536. The molecule has 0 aliphatic carbocycles. The van der Waals surface area contributed by atoms with Crippen LogP contribution in [-0.4, -0.2) is 23.6 Å². The first-order valence-corrected chi connectivity index (χ1v) is 4.89. The first kappa shape index (κ1) is 10.9. The highest BCUT2D eigenvalue weighted by molar-refractivity contribution is 5.35. The van der Waals surface area contributed by atoms with E-state index in [9.17, 15) is 0 Å². The van der Waals surface area contributed by atoms with Gasteiger partial charge in [-0.2, -0.15) is 0 Å². The van der Waals surface area contributed by atoms with Gasteiger partial charge in [0.25, 0.3) is 0 Å². The molecule has 0 bridgehead atoms.